The fraction of sp³-hybridized carbons (Fsp3) is 0.0345. The van der Waals surface area contributed by atoms with Gasteiger partial charge in [0.1, 0.15) is 0 Å². The van der Waals surface area contributed by atoms with E-state index in [0.29, 0.717) is 0 Å². The van der Waals surface area contributed by atoms with E-state index in [2.05, 4.69) is 132 Å². The first kappa shape index (κ1) is 17.8. The molecule has 0 N–H and O–H groups in total. The molecule has 0 aliphatic heterocycles. The van der Waals surface area contributed by atoms with Crippen LogP contribution in [0.4, 0.5) is 11.4 Å². The van der Waals surface area contributed by atoms with Gasteiger partial charge in [-0.3, -0.25) is 0 Å². The number of benzene rings is 5. The maximum absolute atomic E-state index is 2.39. The maximum Gasteiger partial charge on any atom is 0.0699 e. The minimum atomic E-state index is 1.17. The van der Waals surface area contributed by atoms with Crippen molar-refractivity contribution in [3.8, 4) is 5.69 Å². The summed E-state index contributed by atoms with van der Waals surface area (Å²) in [7, 11) is 2.16. The van der Waals surface area contributed by atoms with E-state index in [1.807, 2.05) is 0 Å². The molecule has 0 saturated heterocycles. The van der Waals surface area contributed by atoms with Crippen molar-refractivity contribution in [1.82, 2.24) is 4.57 Å². The van der Waals surface area contributed by atoms with E-state index in [1.54, 1.807) is 0 Å². The van der Waals surface area contributed by atoms with Crippen LogP contribution in [0.2, 0.25) is 0 Å². The van der Waals surface area contributed by atoms with Crippen molar-refractivity contribution < 1.29 is 0 Å². The van der Waals surface area contributed by atoms with Gasteiger partial charge in [-0.15, -0.1) is 0 Å². The van der Waals surface area contributed by atoms with Crippen molar-refractivity contribution in [3.05, 3.63) is 115 Å². The Morgan fingerprint density at radius 3 is 1.74 bits per heavy atom. The van der Waals surface area contributed by atoms with Crippen LogP contribution in [0.15, 0.2) is 115 Å². The van der Waals surface area contributed by atoms with Crippen molar-refractivity contribution in [2.75, 3.05) is 11.9 Å². The predicted octanol–water partition coefficient (Wildman–Crippen LogP) is 7.70. The van der Waals surface area contributed by atoms with Gasteiger partial charge in [0.25, 0.3) is 0 Å². The smallest absolute Gasteiger partial charge is 0.0699 e. The Bertz CT molecular complexity index is 1500. The van der Waals surface area contributed by atoms with Crippen LogP contribution < -0.4 is 4.90 Å². The van der Waals surface area contributed by atoms with Gasteiger partial charge in [-0.05, 0) is 35.7 Å². The fourth-order valence-corrected chi connectivity index (χ4v) is 4.75. The van der Waals surface area contributed by atoms with E-state index in [0.717, 1.165) is 0 Å². The summed E-state index contributed by atoms with van der Waals surface area (Å²) in [5.74, 6) is 0. The van der Waals surface area contributed by atoms with Gasteiger partial charge in [-0.2, -0.15) is 0 Å². The summed E-state index contributed by atoms with van der Waals surface area (Å²) >= 11 is 0. The first-order valence-electron chi connectivity index (χ1n) is 10.6. The topological polar surface area (TPSA) is 8.17 Å². The number of fused-ring (bicyclic) bond motifs is 4. The monoisotopic (exact) mass is 398 g/mol. The maximum atomic E-state index is 2.39. The molecule has 148 valence electrons. The van der Waals surface area contributed by atoms with Gasteiger partial charge in [0.05, 0.1) is 22.4 Å². The Morgan fingerprint density at radius 2 is 1.00 bits per heavy atom. The summed E-state index contributed by atoms with van der Waals surface area (Å²) in [4.78, 5) is 2.31. The molecule has 0 unspecified atom stereocenters. The molecule has 31 heavy (non-hydrogen) atoms. The molecule has 0 aliphatic rings. The second-order valence-corrected chi connectivity index (χ2v) is 7.92. The molecule has 0 amide bonds. The van der Waals surface area contributed by atoms with Crippen LogP contribution in [0.25, 0.3) is 38.3 Å². The minimum Gasteiger partial charge on any atom is -0.342 e. The average Bonchev–Trinajstić information content (AvgIpc) is 3.18. The highest BCUT2D eigenvalue weighted by molar-refractivity contribution is 6.09. The van der Waals surface area contributed by atoms with E-state index in [1.165, 1.54) is 49.6 Å². The van der Waals surface area contributed by atoms with E-state index in [9.17, 15) is 0 Å². The van der Waals surface area contributed by atoms with E-state index >= 15 is 0 Å². The highest BCUT2D eigenvalue weighted by Crippen LogP contribution is 2.38. The van der Waals surface area contributed by atoms with Crippen LogP contribution in [0.3, 0.4) is 0 Å². The van der Waals surface area contributed by atoms with Gasteiger partial charge >= 0.3 is 0 Å². The molecular weight excluding hydrogens is 376 g/mol. The van der Waals surface area contributed by atoms with Gasteiger partial charge in [0.15, 0.2) is 0 Å². The van der Waals surface area contributed by atoms with Crippen LogP contribution >= 0.6 is 0 Å². The number of para-hydroxylation sites is 4. The Kier molecular flexibility index (Phi) is 4.03. The zero-order chi connectivity index (χ0) is 20.8. The Morgan fingerprint density at radius 1 is 0.484 bits per heavy atom. The number of hydrogen-bond acceptors (Lipinski definition) is 1. The molecule has 0 bridgehead atoms. The quantitative estimate of drug-likeness (QED) is 0.296. The van der Waals surface area contributed by atoms with Crippen molar-refractivity contribution in [2.45, 2.75) is 0 Å². The fourth-order valence-electron chi connectivity index (χ4n) is 4.75. The summed E-state index contributed by atoms with van der Waals surface area (Å²) < 4.78 is 2.39. The van der Waals surface area contributed by atoms with E-state index in [-0.39, 0.29) is 0 Å². The number of aromatic nitrogens is 1. The molecule has 1 heterocycles. The molecule has 1 aromatic heterocycles. The molecule has 0 atom stereocenters. The number of hydrogen-bond donors (Lipinski definition) is 0. The van der Waals surface area contributed by atoms with Gasteiger partial charge in [0, 0.05) is 28.9 Å². The second kappa shape index (κ2) is 7.03. The van der Waals surface area contributed by atoms with Gasteiger partial charge in [-0.1, -0.05) is 84.9 Å². The first-order chi connectivity index (χ1) is 15.3. The molecule has 2 nitrogen and oxygen atoms in total. The second-order valence-electron chi connectivity index (χ2n) is 7.92. The molecule has 0 radical (unpaired) electrons. The third-order valence-electron chi connectivity index (χ3n) is 6.19. The lowest BCUT2D eigenvalue weighted by molar-refractivity contribution is 1.13. The highest BCUT2D eigenvalue weighted by atomic mass is 15.1. The van der Waals surface area contributed by atoms with Crippen LogP contribution in [0.1, 0.15) is 0 Å². The lowest BCUT2D eigenvalue weighted by atomic mass is 10.1. The molecular formula is C29H22N2. The zero-order valence-corrected chi connectivity index (χ0v) is 17.4. The third kappa shape index (κ3) is 2.72. The standard InChI is InChI=1S/C29H22N2/c1-30(25-20-10-12-21-11-2-3-13-22(21)25)28-18-8-9-19-29(28)31-26-16-6-4-14-23(26)24-15-5-7-17-27(24)31/h2-20H,1H3. The number of anilines is 2. The van der Waals surface area contributed by atoms with Crippen molar-refractivity contribution in [1.29, 1.82) is 0 Å². The Hall–Kier alpha value is -4.04. The molecule has 2 heteroatoms. The van der Waals surface area contributed by atoms with Crippen molar-refractivity contribution >= 4 is 44.0 Å². The molecule has 6 rings (SSSR count). The molecule has 6 aromatic rings. The van der Waals surface area contributed by atoms with Gasteiger partial charge < -0.3 is 9.47 Å². The van der Waals surface area contributed by atoms with Crippen LogP contribution in [0.5, 0.6) is 0 Å². The minimum absolute atomic E-state index is 1.17. The molecule has 0 saturated carbocycles. The average molecular weight is 399 g/mol. The first-order valence-corrected chi connectivity index (χ1v) is 10.6. The normalized spacial score (nSPS) is 11.4. The van der Waals surface area contributed by atoms with Gasteiger partial charge in [-0.25, -0.2) is 0 Å². The van der Waals surface area contributed by atoms with Gasteiger partial charge in [0.2, 0.25) is 0 Å². The van der Waals surface area contributed by atoms with Crippen LogP contribution in [-0.4, -0.2) is 11.6 Å². The van der Waals surface area contributed by atoms with E-state index in [4.69, 9.17) is 0 Å². The van der Waals surface area contributed by atoms with Crippen molar-refractivity contribution in [3.63, 3.8) is 0 Å². The molecule has 5 aromatic carbocycles. The third-order valence-corrected chi connectivity index (χ3v) is 6.19. The molecule has 0 spiro atoms. The number of rotatable bonds is 3. The Labute approximate surface area is 181 Å². The summed E-state index contributed by atoms with van der Waals surface area (Å²) in [6.07, 6.45) is 0. The van der Waals surface area contributed by atoms with E-state index < -0.39 is 0 Å². The summed E-state index contributed by atoms with van der Waals surface area (Å²) in [5.41, 5.74) is 6.00. The number of nitrogens with zero attached hydrogens (tertiary/aromatic N) is 2. The molecule has 0 aliphatic carbocycles. The largest absolute Gasteiger partial charge is 0.342 e. The Balaban J connectivity index is 1.64. The lowest BCUT2D eigenvalue weighted by Gasteiger charge is -2.25. The lowest BCUT2D eigenvalue weighted by Crippen LogP contribution is -2.13. The summed E-state index contributed by atoms with van der Waals surface area (Å²) in [6, 6.07) is 41.1. The van der Waals surface area contributed by atoms with Crippen molar-refractivity contribution in [2.24, 2.45) is 0 Å². The summed E-state index contributed by atoms with van der Waals surface area (Å²) in [6.45, 7) is 0. The van der Waals surface area contributed by atoms with Crippen LogP contribution in [0, 0.1) is 0 Å². The predicted molar refractivity (Wildman–Crippen MR) is 133 cm³/mol. The SMILES string of the molecule is CN(c1ccccc1-n1c2ccccc2c2ccccc21)c1cccc2ccccc12. The van der Waals surface area contributed by atoms with Crippen LogP contribution in [-0.2, 0) is 0 Å². The highest BCUT2D eigenvalue weighted by Gasteiger charge is 2.17. The zero-order valence-electron chi connectivity index (χ0n) is 17.4. The molecule has 0 fully saturated rings. The summed E-state index contributed by atoms with van der Waals surface area (Å²) in [5, 5.41) is 5.06.